The maximum Gasteiger partial charge on any atom is 0.312 e. The van der Waals surface area contributed by atoms with Crippen LogP contribution in [-0.2, 0) is 4.79 Å². The van der Waals surface area contributed by atoms with Crippen LogP contribution in [-0.4, -0.2) is 46.8 Å². The predicted molar refractivity (Wildman–Crippen MR) is 57.7 cm³/mol. The largest absolute Gasteiger partial charge is 0.481 e. The lowest BCUT2D eigenvalue weighted by Gasteiger charge is -2.40. The van der Waals surface area contributed by atoms with Crippen LogP contribution in [0, 0.1) is 5.41 Å². The number of carbonyl (C=O) groups is 1. The van der Waals surface area contributed by atoms with Gasteiger partial charge in [0.2, 0.25) is 0 Å². The molecule has 0 aromatic carbocycles. The van der Waals surface area contributed by atoms with E-state index in [4.69, 9.17) is 0 Å². The number of hydrogen-bond donors (Lipinski definition) is 2. The monoisotopic (exact) mass is 215 g/mol. The van der Waals surface area contributed by atoms with Gasteiger partial charge in [-0.3, -0.25) is 4.79 Å². The Morgan fingerprint density at radius 2 is 2.00 bits per heavy atom. The minimum absolute atomic E-state index is 0.459. The third-order valence-corrected chi connectivity index (χ3v) is 3.95. The molecule has 1 aliphatic heterocycles. The molecule has 1 rings (SSSR count). The zero-order chi connectivity index (χ0) is 11.7. The fourth-order valence-electron chi connectivity index (χ4n) is 2.78. The van der Waals surface area contributed by atoms with E-state index >= 15 is 0 Å². The smallest absolute Gasteiger partial charge is 0.312 e. The van der Waals surface area contributed by atoms with Gasteiger partial charge in [-0.05, 0) is 26.3 Å². The summed E-state index contributed by atoms with van der Waals surface area (Å²) in [4.78, 5) is 13.4. The minimum Gasteiger partial charge on any atom is -0.481 e. The van der Waals surface area contributed by atoms with Crippen molar-refractivity contribution in [3.8, 4) is 0 Å². The number of nitrogens with zero attached hydrogens (tertiary/aromatic N) is 1. The standard InChI is InChI=1S/C11H21NO3/c1-4-10(5-2,9(13)14)11(15)6-7-12(3)8-11/h15H,4-8H2,1-3H3,(H,13,14). The van der Waals surface area contributed by atoms with Gasteiger partial charge >= 0.3 is 5.97 Å². The first kappa shape index (κ1) is 12.5. The quantitative estimate of drug-likeness (QED) is 0.733. The van der Waals surface area contributed by atoms with E-state index in [9.17, 15) is 15.0 Å². The molecule has 1 saturated heterocycles. The van der Waals surface area contributed by atoms with Gasteiger partial charge in [0, 0.05) is 13.1 Å². The molecule has 88 valence electrons. The van der Waals surface area contributed by atoms with E-state index in [-0.39, 0.29) is 0 Å². The summed E-state index contributed by atoms with van der Waals surface area (Å²) in [6.07, 6.45) is 1.50. The average Bonchev–Trinajstić information content (AvgIpc) is 2.49. The Balaban J connectivity index is 3.03. The number of aliphatic carboxylic acids is 1. The Labute approximate surface area is 90.9 Å². The zero-order valence-electron chi connectivity index (χ0n) is 9.79. The van der Waals surface area contributed by atoms with Gasteiger partial charge in [-0.25, -0.2) is 0 Å². The second-order valence-corrected chi connectivity index (χ2v) is 4.61. The molecule has 15 heavy (non-hydrogen) atoms. The third kappa shape index (κ3) is 1.76. The fourth-order valence-corrected chi connectivity index (χ4v) is 2.78. The van der Waals surface area contributed by atoms with Gasteiger partial charge in [0.05, 0.1) is 11.0 Å². The Kier molecular flexibility index (Phi) is 3.41. The van der Waals surface area contributed by atoms with Crippen LogP contribution in [0.2, 0.25) is 0 Å². The molecule has 0 aromatic rings. The number of carboxylic acid groups (broad SMARTS) is 1. The molecule has 0 saturated carbocycles. The van der Waals surface area contributed by atoms with Gasteiger partial charge in [0.1, 0.15) is 0 Å². The van der Waals surface area contributed by atoms with E-state index in [0.29, 0.717) is 25.8 Å². The van der Waals surface area contributed by atoms with E-state index in [0.717, 1.165) is 6.54 Å². The second kappa shape index (κ2) is 4.10. The molecule has 1 aliphatic rings. The number of likely N-dealkylation sites (N-methyl/N-ethyl adjacent to an activating group) is 1. The van der Waals surface area contributed by atoms with E-state index < -0.39 is 17.0 Å². The van der Waals surface area contributed by atoms with Gasteiger partial charge in [0.15, 0.2) is 0 Å². The van der Waals surface area contributed by atoms with E-state index in [1.54, 1.807) is 0 Å². The van der Waals surface area contributed by atoms with Gasteiger partial charge < -0.3 is 15.1 Å². The summed E-state index contributed by atoms with van der Waals surface area (Å²) in [5.41, 5.74) is -2.06. The van der Waals surface area contributed by atoms with Crippen molar-refractivity contribution in [2.75, 3.05) is 20.1 Å². The summed E-state index contributed by atoms with van der Waals surface area (Å²) in [5.74, 6) is -0.870. The van der Waals surface area contributed by atoms with Crippen LogP contribution in [0.3, 0.4) is 0 Å². The molecular weight excluding hydrogens is 194 g/mol. The van der Waals surface area contributed by atoms with Gasteiger partial charge in [-0.15, -0.1) is 0 Å². The summed E-state index contributed by atoms with van der Waals surface area (Å²) in [5, 5.41) is 19.9. The van der Waals surface area contributed by atoms with Crippen LogP contribution < -0.4 is 0 Å². The second-order valence-electron chi connectivity index (χ2n) is 4.61. The highest BCUT2D eigenvalue weighted by atomic mass is 16.4. The lowest BCUT2D eigenvalue weighted by molar-refractivity contribution is -0.169. The number of aliphatic hydroxyl groups is 1. The fraction of sp³-hybridized carbons (Fsp3) is 0.909. The van der Waals surface area contributed by atoms with Gasteiger partial charge in [-0.2, -0.15) is 0 Å². The molecule has 1 heterocycles. The summed E-state index contributed by atoms with van der Waals surface area (Å²) in [6, 6.07) is 0. The average molecular weight is 215 g/mol. The Hall–Kier alpha value is -0.610. The van der Waals surface area contributed by atoms with Crippen molar-refractivity contribution in [1.82, 2.24) is 4.90 Å². The highest BCUT2D eigenvalue weighted by molar-refractivity contribution is 5.76. The maximum atomic E-state index is 11.4. The summed E-state index contributed by atoms with van der Waals surface area (Å²) < 4.78 is 0. The Morgan fingerprint density at radius 3 is 2.27 bits per heavy atom. The van der Waals surface area contributed by atoms with Crippen LogP contribution in [0.1, 0.15) is 33.1 Å². The first-order valence-electron chi connectivity index (χ1n) is 5.56. The molecule has 0 bridgehead atoms. The normalized spacial score (nSPS) is 28.3. The van der Waals surface area contributed by atoms with Gasteiger partial charge in [0.25, 0.3) is 0 Å². The van der Waals surface area contributed by atoms with Crippen molar-refractivity contribution < 1.29 is 15.0 Å². The first-order chi connectivity index (χ1) is 6.92. The Morgan fingerprint density at radius 1 is 1.47 bits per heavy atom. The van der Waals surface area contributed by atoms with Crippen molar-refractivity contribution in [3.63, 3.8) is 0 Å². The lowest BCUT2D eigenvalue weighted by atomic mass is 9.67. The number of β-amino-alcohol motifs (C(OH)–C–C–N with tert-alkyl or cyclic N) is 1. The number of hydrogen-bond acceptors (Lipinski definition) is 3. The van der Waals surface area contributed by atoms with Crippen molar-refractivity contribution in [3.05, 3.63) is 0 Å². The zero-order valence-corrected chi connectivity index (χ0v) is 9.79. The van der Waals surface area contributed by atoms with Crippen molar-refractivity contribution in [2.45, 2.75) is 38.7 Å². The van der Waals surface area contributed by atoms with Crippen LogP contribution in [0.25, 0.3) is 0 Å². The van der Waals surface area contributed by atoms with E-state index in [1.165, 1.54) is 0 Å². The lowest BCUT2D eigenvalue weighted by Crippen LogP contribution is -2.54. The molecule has 0 aliphatic carbocycles. The molecule has 4 heteroatoms. The molecule has 0 aromatic heterocycles. The van der Waals surface area contributed by atoms with Crippen molar-refractivity contribution in [1.29, 1.82) is 0 Å². The van der Waals surface area contributed by atoms with E-state index in [1.807, 2.05) is 25.8 Å². The molecule has 0 radical (unpaired) electrons. The highest BCUT2D eigenvalue weighted by Gasteiger charge is 2.55. The van der Waals surface area contributed by atoms with Crippen LogP contribution in [0.4, 0.5) is 0 Å². The van der Waals surface area contributed by atoms with E-state index in [2.05, 4.69) is 0 Å². The Bertz CT molecular complexity index is 250. The molecule has 1 fully saturated rings. The van der Waals surface area contributed by atoms with Crippen molar-refractivity contribution in [2.24, 2.45) is 5.41 Å². The summed E-state index contributed by atoms with van der Waals surface area (Å²) >= 11 is 0. The van der Waals surface area contributed by atoms with Crippen LogP contribution in [0.5, 0.6) is 0 Å². The topological polar surface area (TPSA) is 60.8 Å². The number of likely N-dealkylation sites (tertiary alicyclic amines) is 1. The summed E-state index contributed by atoms with van der Waals surface area (Å²) in [6.45, 7) is 4.91. The molecule has 1 unspecified atom stereocenters. The van der Waals surface area contributed by atoms with Crippen molar-refractivity contribution >= 4 is 5.97 Å². The number of carboxylic acids is 1. The summed E-state index contributed by atoms with van der Waals surface area (Å²) in [7, 11) is 1.91. The molecule has 0 amide bonds. The third-order valence-electron chi connectivity index (χ3n) is 3.95. The predicted octanol–water partition coefficient (Wildman–Crippen LogP) is 0.944. The molecule has 0 spiro atoms. The molecule has 2 N–H and O–H groups in total. The molecule has 4 nitrogen and oxygen atoms in total. The SMILES string of the molecule is CCC(CC)(C(=O)O)C1(O)CCN(C)C1. The highest BCUT2D eigenvalue weighted by Crippen LogP contribution is 2.44. The van der Waals surface area contributed by atoms with Crippen LogP contribution >= 0.6 is 0 Å². The van der Waals surface area contributed by atoms with Gasteiger partial charge in [-0.1, -0.05) is 13.8 Å². The molecule has 1 atom stereocenters. The van der Waals surface area contributed by atoms with Crippen LogP contribution in [0.15, 0.2) is 0 Å². The first-order valence-corrected chi connectivity index (χ1v) is 5.56. The maximum absolute atomic E-state index is 11.4. The number of rotatable bonds is 4. The minimum atomic E-state index is -1.07. The molecular formula is C11H21NO3.